The van der Waals surface area contributed by atoms with E-state index in [2.05, 4.69) is 4.98 Å². The second-order valence-electron chi connectivity index (χ2n) is 8.06. The number of hydrogen-bond acceptors (Lipinski definition) is 6. The fourth-order valence-electron chi connectivity index (χ4n) is 3.96. The number of carbonyl (C=O) groups excluding carboxylic acids is 1. The molecule has 0 aliphatic rings. The number of aliphatic imine (C=N–C) groups is 1. The number of nitrogens with one attached hydrogen (secondary N) is 1. The molecule has 0 amide bonds. The van der Waals surface area contributed by atoms with Crippen LogP contribution in [-0.4, -0.2) is 35.4 Å². The summed E-state index contributed by atoms with van der Waals surface area (Å²) >= 11 is 0. The number of H-pyrrole nitrogens is 1. The molecule has 3 aromatic carbocycles. The number of aromatic nitrogens is 1. The summed E-state index contributed by atoms with van der Waals surface area (Å²) in [5, 5.41) is 11.6. The summed E-state index contributed by atoms with van der Waals surface area (Å²) in [6.45, 7) is 0.617. The number of esters is 1. The SMILES string of the molecule is COC(=O)c1ccc2c(C(=Nc3ccc(C(N)CCCN)cc3)c3ccccc3)c(O)[nH]c2c1. The van der Waals surface area contributed by atoms with Gasteiger partial charge in [0.1, 0.15) is 0 Å². The molecule has 1 atom stereocenters. The molecule has 0 aliphatic heterocycles. The molecule has 0 bridgehead atoms. The summed E-state index contributed by atoms with van der Waals surface area (Å²) in [6.07, 6.45) is 1.70. The molecule has 7 heteroatoms. The standard InChI is InChI=1S/C27H28N4O3/c1-34-27(33)19-11-14-21-23(16-19)31-26(32)24(21)25(18-6-3-2-4-7-18)30-20-12-9-17(10-13-20)22(29)8-5-15-28/h2-4,6-7,9-14,16,22,31-32H,5,8,15,28-29H2,1H3. The fraction of sp³-hybridized carbons (Fsp3) is 0.185. The highest BCUT2D eigenvalue weighted by atomic mass is 16.5. The van der Waals surface area contributed by atoms with Crippen LogP contribution in [0.25, 0.3) is 10.9 Å². The molecule has 174 valence electrons. The number of aromatic amines is 1. The van der Waals surface area contributed by atoms with E-state index in [4.69, 9.17) is 21.2 Å². The van der Waals surface area contributed by atoms with Gasteiger partial charge in [-0.3, -0.25) is 0 Å². The third-order valence-electron chi connectivity index (χ3n) is 5.77. The van der Waals surface area contributed by atoms with Gasteiger partial charge in [-0.2, -0.15) is 0 Å². The molecular formula is C27H28N4O3. The Morgan fingerprint density at radius 1 is 1.06 bits per heavy atom. The number of hydrogen-bond donors (Lipinski definition) is 4. The van der Waals surface area contributed by atoms with Crippen molar-refractivity contribution < 1.29 is 14.6 Å². The van der Waals surface area contributed by atoms with E-state index in [-0.39, 0.29) is 11.9 Å². The summed E-state index contributed by atoms with van der Waals surface area (Å²) in [5.41, 5.74) is 16.6. The van der Waals surface area contributed by atoms with E-state index in [9.17, 15) is 9.90 Å². The molecule has 0 radical (unpaired) electrons. The molecule has 34 heavy (non-hydrogen) atoms. The molecular weight excluding hydrogens is 428 g/mol. The average molecular weight is 457 g/mol. The number of methoxy groups -OCH3 is 1. The third-order valence-corrected chi connectivity index (χ3v) is 5.77. The first-order chi connectivity index (χ1) is 16.5. The number of rotatable bonds is 8. The zero-order valence-electron chi connectivity index (χ0n) is 19.0. The number of nitrogens with zero attached hydrogens (tertiary/aromatic N) is 1. The van der Waals surface area contributed by atoms with Crippen molar-refractivity contribution in [2.45, 2.75) is 18.9 Å². The first-order valence-corrected chi connectivity index (χ1v) is 11.1. The Morgan fingerprint density at radius 2 is 1.79 bits per heavy atom. The highest BCUT2D eigenvalue weighted by molar-refractivity contribution is 6.22. The minimum Gasteiger partial charge on any atom is -0.494 e. The molecule has 6 N–H and O–H groups in total. The maximum Gasteiger partial charge on any atom is 0.337 e. The van der Waals surface area contributed by atoms with E-state index in [1.807, 2.05) is 54.6 Å². The van der Waals surface area contributed by atoms with Crippen LogP contribution in [0.4, 0.5) is 5.69 Å². The number of fused-ring (bicyclic) bond motifs is 1. The number of ether oxygens (including phenoxy) is 1. The monoisotopic (exact) mass is 456 g/mol. The van der Waals surface area contributed by atoms with Crippen molar-refractivity contribution in [3.63, 3.8) is 0 Å². The molecule has 0 saturated carbocycles. The lowest BCUT2D eigenvalue weighted by atomic mass is 9.99. The lowest BCUT2D eigenvalue weighted by Crippen LogP contribution is -2.12. The van der Waals surface area contributed by atoms with E-state index in [0.29, 0.717) is 28.9 Å². The Morgan fingerprint density at radius 3 is 2.47 bits per heavy atom. The molecule has 0 spiro atoms. The van der Waals surface area contributed by atoms with Crippen LogP contribution in [0.3, 0.4) is 0 Å². The average Bonchev–Trinajstić information content (AvgIpc) is 3.20. The van der Waals surface area contributed by atoms with Gasteiger partial charge in [0.25, 0.3) is 0 Å². The van der Waals surface area contributed by atoms with Gasteiger partial charge >= 0.3 is 5.97 Å². The van der Waals surface area contributed by atoms with Gasteiger partial charge in [-0.15, -0.1) is 0 Å². The van der Waals surface area contributed by atoms with Crippen LogP contribution in [0.2, 0.25) is 0 Å². The first-order valence-electron chi connectivity index (χ1n) is 11.1. The van der Waals surface area contributed by atoms with Crippen molar-refractivity contribution in [1.82, 2.24) is 4.98 Å². The highest BCUT2D eigenvalue weighted by Crippen LogP contribution is 2.32. The summed E-state index contributed by atoms with van der Waals surface area (Å²) in [6, 6.07) is 22.5. The van der Waals surface area contributed by atoms with E-state index < -0.39 is 5.97 Å². The van der Waals surface area contributed by atoms with E-state index in [1.54, 1.807) is 18.2 Å². The van der Waals surface area contributed by atoms with Crippen molar-refractivity contribution in [3.8, 4) is 5.88 Å². The molecule has 1 heterocycles. The maximum atomic E-state index is 11.9. The van der Waals surface area contributed by atoms with Crippen molar-refractivity contribution in [1.29, 1.82) is 0 Å². The van der Waals surface area contributed by atoms with Gasteiger partial charge in [0.2, 0.25) is 0 Å². The number of aromatic hydroxyl groups is 1. The summed E-state index contributed by atoms with van der Waals surface area (Å²) in [7, 11) is 1.33. The quantitative estimate of drug-likeness (QED) is 0.228. The molecule has 1 aromatic heterocycles. The molecule has 0 aliphatic carbocycles. The van der Waals surface area contributed by atoms with Gasteiger partial charge in [-0.1, -0.05) is 48.5 Å². The van der Waals surface area contributed by atoms with Crippen molar-refractivity contribution in [2.75, 3.05) is 13.7 Å². The van der Waals surface area contributed by atoms with Crippen LogP contribution in [-0.2, 0) is 4.74 Å². The smallest absolute Gasteiger partial charge is 0.337 e. The zero-order chi connectivity index (χ0) is 24.1. The number of nitrogens with two attached hydrogens (primary N) is 2. The lowest BCUT2D eigenvalue weighted by Gasteiger charge is -2.12. The summed E-state index contributed by atoms with van der Waals surface area (Å²) in [4.78, 5) is 19.8. The second-order valence-corrected chi connectivity index (χ2v) is 8.06. The molecule has 7 nitrogen and oxygen atoms in total. The predicted molar refractivity (Wildman–Crippen MR) is 135 cm³/mol. The van der Waals surface area contributed by atoms with Gasteiger partial charge in [-0.25, -0.2) is 9.79 Å². The highest BCUT2D eigenvalue weighted by Gasteiger charge is 2.20. The fourth-order valence-corrected chi connectivity index (χ4v) is 3.96. The third kappa shape index (κ3) is 4.85. The van der Waals surface area contributed by atoms with Crippen molar-refractivity contribution in [3.05, 3.63) is 95.1 Å². The minimum absolute atomic E-state index is 0.0277. The van der Waals surface area contributed by atoms with Gasteiger partial charge in [0.05, 0.1) is 29.6 Å². The first kappa shape index (κ1) is 23.2. The maximum absolute atomic E-state index is 11.9. The van der Waals surface area contributed by atoms with E-state index in [0.717, 1.165) is 35.0 Å². The largest absolute Gasteiger partial charge is 0.494 e. The number of carbonyl (C=O) groups is 1. The Labute approximate surface area is 198 Å². The Kier molecular flexibility index (Phi) is 7.06. The number of benzene rings is 3. The van der Waals surface area contributed by atoms with Crippen LogP contribution in [0.5, 0.6) is 5.88 Å². The van der Waals surface area contributed by atoms with Crippen molar-refractivity contribution in [2.24, 2.45) is 16.5 Å². The van der Waals surface area contributed by atoms with Crippen LogP contribution < -0.4 is 11.5 Å². The van der Waals surface area contributed by atoms with Crippen LogP contribution >= 0.6 is 0 Å². The molecule has 4 aromatic rings. The minimum atomic E-state index is -0.445. The van der Waals surface area contributed by atoms with Gasteiger partial charge in [-0.05, 0) is 49.2 Å². The van der Waals surface area contributed by atoms with Gasteiger partial charge < -0.3 is 26.3 Å². The van der Waals surface area contributed by atoms with E-state index in [1.165, 1.54) is 7.11 Å². The Balaban J connectivity index is 1.79. The molecule has 1 unspecified atom stereocenters. The van der Waals surface area contributed by atoms with Crippen molar-refractivity contribution >= 4 is 28.3 Å². The molecule has 4 rings (SSSR count). The second kappa shape index (κ2) is 10.3. The van der Waals surface area contributed by atoms with Crippen LogP contribution in [0.15, 0.2) is 77.8 Å². The zero-order valence-corrected chi connectivity index (χ0v) is 19.0. The Bertz CT molecular complexity index is 1310. The van der Waals surface area contributed by atoms with Crippen LogP contribution in [0.1, 0.15) is 45.9 Å². The van der Waals surface area contributed by atoms with Crippen LogP contribution in [0, 0.1) is 0 Å². The normalized spacial score (nSPS) is 12.6. The lowest BCUT2D eigenvalue weighted by molar-refractivity contribution is 0.0601. The summed E-state index contributed by atoms with van der Waals surface area (Å²) in [5.74, 6) is -0.473. The summed E-state index contributed by atoms with van der Waals surface area (Å²) < 4.78 is 4.81. The Hall–Kier alpha value is -3.94. The molecule has 0 fully saturated rings. The van der Waals surface area contributed by atoms with E-state index >= 15 is 0 Å². The van der Waals surface area contributed by atoms with Gasteiger partial charge in [0, 0.05) is 22.5 Å². The van der Waals surface area contributed by atoms with Gasteiger partial charge in [0.15, 0.2) is 5.88 Å². The predicted octanol–water partition coefficient (Wildman–Crippen LogP) is 4.57. The molecule has 0 saturated heterocycles. The topological polar surface area (TPSA) is 127 Å².